The molecule has 19 heavy (non-hydrogen) atoms. The van der Waals surface area contributed by atoms with Gasteiger partial charge in [0.05, 0.1) is 7.11 Å². The van der Waals surface area contributed by atoms with E-state index in [1.807, 2.05) is 18.2 Å². The van der Waals surface area contributed by atoms with Crippen LogP contribution in [0.25, 0.3) is 0 Å². The predicted molar refractivity (Wildman–Crippen MR) is 76.7 cm³/mol. The number of piperidine rings is 1. The zero-order valence-corrected chi connectivity index (χ0v) is 12.1. The zero-order valence-electron chi connectivity index (χ0n) is 12.1. The number of carbonyl (C=O) groups excluding carboxylic acids is 1. The summed E-state index contributed by atoms with van der Waals surface area (Å²) in [6.07, 6.45) is 2.58. The van der Waals surface area contributed by atoms with E-state index in [9.17, 15) is 4.79 Å². The van der Waals surface area contributed by atoms with Gasteiger partial charge in [0.25, 0.3) is 0 Å². The van der Waals surface area contributed by atoms with Crippen LogP contribution in [-0.4, -0.2) is 30.9 Å². The lowest BCUT2D eigenvalue weighted by molar-refractivity contribution is 0.101. The van der Waals surface area contributed by atoms with Gasteiger partial charge in [-0.3, -0.25) is 9.69 Å². The summed E-state index contributed by atoms with van der Waals surface area (Å²) in [4.78, 5) is 13.9. The molecule has 1 aromatic rings. The first-order valence-corrected chi connectivity index (χ1v) is 7.00. The number of Topliss-reactive ketones (excluding diaryl/α,β-unsaturated/α-hetero) is 1. The van der Waals surface area contributed by atoms with Crippen LogP contribution >= 0.6 is 0 Å². The average molecular weight is 261 g/mol. The molecule has 1 fully saturated rings. The van der Waals surface area contributed by atoms with Crippen LogP contribution in [-0.2, 0) is 6.54 Å². The number of methoxy groups -OCH3 is 1. The Hall–Kier alpha value is -1.35. The van der Waals surface area contributed by atoms with Crippen molar-refractivity contribution in [3.63, 3.8) is 0 Å². The molecule has 0 amide bonds. The number of ketones is 1. The summed E-state index contributed by atoms with van der Waals surface area (Å²) < 4.78 is 5.41. The van der Waals surface area contributed by atoms with E-state index in [2.05, 4.69) is 11.8 Å². The highest BCUT2D eigenvalue weighted by Crippen LogP contribution is 2.24. The van der Waals surface area contributed by atoms with E-state index in [-0.39, 0.29) is 5.78 Å². The Bertz CT molecular complexity index is 456. The molecule has 1 atom stereocenters. The molecular formula is C16H23NO2. The van der Waals surface area contributed by atoms with Gasteiger partial charge in [0.2, 0.25) is 0 Å². The first-order chi connectivity index (χ1) is 9.10. The Morgan fingerprint density at radius 2 is 2.26 bits per heavy atom. The van der Waals surface area contributed by atoms with Crippen molar-refractivity contribution < 1.29 is 9.53 Å². The maximum atomic E-state index is 11.5. The minimum atomic E-state index is 0.107. The van der Waals surface area contributed by atoms with Crippen molar-refractivity contribution in [2.45, 2.75) is 33.2 Å². The number of hydrogen-bond donors (Lipinski definition) is 0. The molecule has 3 nitrogen and oxygen atoms in total. The van der Waals surface area contributed by atoms with E-state index in [0.29, 0.717) is 0 Å². The van der Waals surface area contributed by atoms with Gasteiger partial charge < -0.3 is 4.74 Å². The van der Waals surface area contributed by atoms with E-state index in [1.165, 1.54) is 12.8 Å². The van der Waals surface area contributed by atoms with Gasteiger partial charge in [0.15, 0.2) is 5.78 Å². The number of ether oxygens (including phenoxy) is 1. The molecule has 1 aliphatic rings. The third-order valence-corrected chi connectivity index (χ3v) is 3.82. The molecule has 0 bridgehead atoms. The summed E-state index contributed by atoms with van der Waals surface area (Å²) in [5.74, 6) is 1.75. The number of likely N-dealkylation sites (tertiary alicyclic amines) is 1. The summed E-state index contributed by atoms with van der Waals surface area (Å²) in [7, 11) is 1.69. The fourth-order valence-corrected chi connectivity index (χ4v) is 2.79. The molecule has 1 saturated heterocycles. The predicted octanol–water partition coefficient (Wildman–Crippen LogP) is 3.13. The van der Waals surface area contributed by atoms with Crippen LogP contribution in [0.2, 0.25) is 0 Å². The molecule has 2 rings (SSSR count). The maximum absolute atomic E-state index is 11.5. The minimum absolute atomic E-state index is 0.107. The van der Waals surface area contributed by atoms with Crippen molar-refractivity contribution >= 4 is 5.78 Å². The highest BCUT2D eigenvalue weighted by atomic mass is 16.5. The van der Waals surface area contributed by atoms with E-state index in [4.69, 9.17) is 4.74 Å². The number of benzene rings is 1. The smallest absolute Gasteiger partial charge is 0.159 e. The number of hydrogen-bond acceptors (Lipinski definition) is 3. The van der Waals surface area contributed by atoms with Gasteiger partial charge in [-0.2, -0.15) is 0 Å². The molecule has 1 aromatic carbocycles. The second kappa shape index (κ2) is 6.20. The molecule has 0 unspecified atom stereocenters. The van der Waals surface area contributed by atoms with Gasteiger partial charge in [-0.1, -0.05) is 6.92 Å². The molecule has 1 aliphatic heterocycles. The second-order valence-electron chi connectivity index (χ2n) is 5.57. The molecule has 3 heteroatoms. The number of carbonyl (C=O) groups is 1. The summed E-state index contributed by atoms with van der Waals surface area (Å²) in [5.41, 5.74) is 1.88. The van der Waals surface area contributed by atoms with Gasteiger partial charge in [-0.05, 0) is 50.4 Å². The molecule has 0 spiro atoms. The number of rotatable bonds is 4. The van der Waals surface area contributed by atoms with Crippen LogP contribution in [0.3, 0.4) is 0 Å². The summed E-state index contributed by atoms with van der Waals surface area (Å²) >= 11 is 0. The van der Waals surface area contributed by atoms with Gasteiger partial charge in [0, 0.05) is 24.2 Å². The summed E-state index contributed by atoms with van der Waals surface area (Å²) in [6.45, 7) is 7.05. The van der Waals surface area contributed by atoms with Crippen molar-refractivity contribution in [1.29, 1.82) is 0 Å². The van der Waals surface area contributed by atoms with Crippen molar-refractivity contribution in [2.75, 3.05) is 20.2 Å². The largest absolute Gasteiger partial charge is 0.496 e. The second-order valence-corrected chi connectivity index (χ2v) is 5.57. The Labute approximate surface area is 115 Å². The summed E-state index contributed by atoms with van der Waals surface area (Å²) in [6, 6.07) is 5.71. The fraction of sp³-hybridized carbons (Fsp3) is 0.562. The lowest BCUT2D eigenvalue weighted by atomic mass is 9.99. The van der Waals surface area contributed by atoms with Gasteiger partial charge in [-0.25, -0.2) is 0 Å². The van der Waals surface area contributed by atoms with Gasteiger partial charge >= 0.3 is 0 Å². The maximum Gasteiger partial charge on any atom is 0.159 e. The third kappa shape index (κ3) is 3.57. The quantitative estimate of drug-likeness (QED) is 0.780. The van der Waals surface area contributed by atoms with Crippen molar-refractivity contribution in [3.8, 4) is 5.75 Å². The van der Waals surface area contributed by atoms with Crippen molar-refractivity contribution in [1.82, 2.24) is 4.90 Å². The van der Waals surface area contributed by atoms with E-state index < -0.39 is 0 Å². The Morgan fingerprint density at radius 1 is 1.47 bits per heavy atom. The van der Waals surface area contributed by atoms with E-state index >= 15 is 0 Å². The van der Waals surface area contributed by atoms with Crippen LogP contribution in [0.5, 0.6) is 5.75 Å². The molecule has 0 aromatic heterocycles. The Kier molecular flexibility index (Phi) is 4.59. The van der Waals surface area contributed by atoms with E-state index in [0.717, 1.165) is 42.4 Å². The molecule has 0 N–H and O–H groups in total. The molecule has 104 valence electrons. The molecule has 1 heterocycles. The normalized spacial score (nSPS) is 20.3. The topological polar surface area (TPSA) is 29.5 Å². The molecule has 0 aliphatic carbocycles. The van der Waals surface area contributed by atoms with Gasteiger partial charge in [0.1, 0.15) is 5.75 Å². The minimum Gasteiger partial charge on any atom is -0.496 e. The fourth-order valence-electron chi connectivity index (χ4n) is 2.79. The monoisotopic (exact) mass is 261 g/mol. The Morgan fingerprint density at radius 3 is 2.89 bits per heavy atom. The van der Waals surface area contributed by atoms with Crippen LogP contribution in [0.15, 0.2) is 18.2 Å². The van der Waals surface area contributed by atoms with Crippen LogP contribution in [0.1, 0.15) is 42.6 Å². The molecular weight excluding hydrogens is 238 g/mol. The highest BCUT2D eigenvalue weighted by molar-refractivity contribution is 5.94. The standard InChI is InChI=1S/C16H23NO2/c1-12-5-4-8-17(10-12)11-15-9-14(13(2)18)6-7-16(15)19-3/h6-7,9,12H,4-5,8,10-11H2,1-3H3/t12-/m1/s1. The Balaban J connectivity index is 2.17. The van der Waals surface area contributed by atoms with Crippen molar-refractivity contribution in [3.05, 3.63) is 29.3 Å². The first kappa shape index (κ1) is 14.1. The average Bonchev–Trinajstić information content (AvgIpc) is 2.38. The lowest BCUT2D eigenvalue weighted by Gasteiger charge is -2.31. The number of nitrogens with zero attached hydrogens (tertiary/aromatic N) is 1. The summed E-state index contributed by atoms with van der Waals surface area (Å²) in [5, 5.41) is 0. The van der Waals surface area contributed by atoms with Crippen LogP contribution in [0.4, 0.5) is 0 Å². The van der Waals surface area contributed by atoms with E-state index in [1.54, 1.807) is 14.0 Å². The zero-order chi connectivity index (χ0) is 13.8. The third-order valence-electron chi connectivity index (χ3n) is 3.82. The van der Waals surface area contributed by atoms with Crippen molar-refractivity contribution in [2.24, 2.45) is 5.92 Å². The first-order valence-electron chi connectivity index (χ1n) is 7.00. The molecule has 0 radical (unpaired) electrons. The SMILES string of the molecule is COc1ccc(C(C)=O)cc1CN1CCC[C@@H](C)C1. The van der Waals surface area contributed by atoms with Crippen LogP contribution < -0.4 is 4.74 Å². The van der Waals surface area contributed by atoms with Crippen LogP contribution in [0, 0.1) is 5.92 Å². The highest BCUT2D eigenvalue weighted by Gasteiger charge is 2.18. The molecule has 0 saturated carbocycles. The van der Waals surface area contributed by atoms with Gasteiger partial charge in [-0.15, -0.1) is 0 Å². The lowest BCUT2D eigenvalue weighted by Crippen LogP contribution is -2.33.